The molecule has 0 unspecified atom stereocenters. The zero-order chi connectivity index (χ0) is 51.8. The van der Waals surface area contributed by atoms with Gasteiger partial charge in [0.25, 0.3) is 6.71 Å². The molecule has 0 N–H and O–H groups in total. The molecule has 2 aliphatic carbocycles. The number of benzene rings is 6. The first-order valence-corrected chi connectivity index (χ1v) is 27.3. The first-order valence-electron chi connectivity index (χ1n) is 27.3. The highest BCUT2D eigenvalue weighted by atomic mass is 16.4. The number of fused-ring (bicyclic) bond motifs is 8. The van der Waals surface area contributed by atoms with Crippen LogP contribution in [-0.2, 0) is 37.9 Å². The van der Waals surface area contributed by atoms with Crippen LogP contribution in [0.25, 0.3) is 22.1 Å². The summed E-state index contributed by atoms with van der Waals surface area (Å²) in [5.41, 5.74) is 26.1. The number of aryl methyl sites for hydroxylation is 2. The van der Waals surface area contributed by atoms with Crippen molar-refractivity contribution >= 4 is 68.4 Å². The highest BCUT2D eigenvalue weighted by Crippen LogP contribution is 2.54. The van der Waals surface area contributed by atoms with E-state index >= 15 is 0 Å². The van der Waals surface area contributed by atoms with Gasteiger partial charge in [0.2, 0.25) is 5.88 Å². The Hall–Kier alpha value is -5.48. The molecule has 7 aromatic rings. The molecular weight excluding hydrogens is 872 g/mol. The summed E-state index contributed by atoms with van der Waals surface area (Å²) >= 11 is 0. The molecule has 1 aromatic heterocycles. The van der Waals surface area contributed by atoms with Gasteiger partial charge in [0.15, 0.2) is 0 Å². The van der Waals surface area contributed by atoms with Gasteiger partial charge in [-0.15, -0.1) is 0 Å². The summed E-state index contributed by atoms with van der Waals surface area (Å²) in [7, 11) is 0. The topological polar surface area (TPSA) is 19.6 Å². The van der Waals surface area contributed by atoms with Crippen LogP contribution in [0.3, 0.4) is 0 Å². The standard InChI is InChI=1S/C68H81BN2O/c1-40-32-56-60-57(33-40)71(54-26-22-43(63(6,7)8)35-47(54)46-37-50-49(34-41(46)2)65(12,13)28-29-66(50,14)15)61-59(48-38-51-52(39-58(48)72-61)68(18,19)31-30-67(51,16)17)69(60)53-36-44(64(9,10)11)23-27-55(53)70(56)45-24-20-42(21-25-45)62(3,4)5/h20-27,32-39H,28-31H2,1-19H3. The number of hydrogen-bond acceptors (Lipinski definition) is 3. The monoisotopic (exact) mass is 953 g/mol. The third-order valence-electron chi connectivity index (χ3n) is 18.3. The molecule has 372 valence electrons. The van der Waals surface area contributed by atoms with Crippen LogP contribution in [0, 0.1) is 13.8 Å². The Balaban J connectivity index is 1.28. The molecule has 3 heterocycles. The van der Waals surface area contributed by atoms with Gasteiger partial charge >= 0.3 is 0 Å². The normalized spacial score (nSPS) is 18.3. The molecule has 6 aromatic carbocycles. The van der Waals surface area contributed by atoms with E-state index in [1.54, 1.807) is 0 Å². The van der Waals surface area contributed by atoms with Gasteiger partial charge in [-0.25, -0.2) is 0 Å². The second-order valence-corrected chi connectivity index (χ2v) is 28.6. The minimum absolute atomic E-state index is 0.0277. The number of rotatable bonds is 3. The maximum absolute atomic E-state index is 7.73. The van der Waals surface area contributed by atoms with Crippen molar-refractivity contribution in [2.75, 3.05) is 9.80 Å². The number of hydrogen-bond donors (Lipinski definition) is 0. The van der Waals surface area contributed by atoms with Gasteiger partial charge in [-0.2, -0.15) is 0 Å². The van der Waals surface area contributed by atoms with Gasteiger partial charge in [-0.1, -0.05) is 154 Å². The van der Waals surface area contributed by atoms with Crippen LogP contribution in [0.1, 0.15) is 193 Å². The van der Waals surface area contributed by atoms with E-state index in [0.29, 0.717) is 0 Å². The van der Waals surface area contributed by atoms with Crippen molar-refractivity contribution in [3.8, 4) is 11.1 Å². The third kappa shape index (κ3) is 7.48. The van der Waals surface area contributed by atoms with Crippen molar-refractivity contribution in [2.45, 2.75) is 195 Å². The maximum Gasteiger partial charge on any atom is 0.257 e. The predicted molar refractivity (Wildman–Crippen MR) is 312 cm³/mol. The van der Waals surface area contributed by atoms with Gasteiger partial charge in [-0.05, 0) is 205 Å². The Morgan fingerprint density at radius 3 is 1.47 bits per heavy atom. The van der Waals surface area contributed by atoms with E-state index in [0.717, 1.165) is 30.0 Å². The van der Waals surface area contributed by atoms with Crippen LogP contribution in [-0.4, -0.2) is 6.71 Å². The lowest BCUT2D eigenvalue weighted by atomic mass is 9.33. The Bertz CT molecular complexity index is 3390. The Morgan fingerprint density at radius 1 is 0.444 bits per heavy atom. The van der Waals surface area contributed by atoms with Crippen LogP contribution >= 0.6 is 0 Å². The first kappa shape index (κ1) is 48.8. The van der Waals surface area contributed by atoms with Crippen molar-refractivity contribution in [1.82, 2.24) is 0 Å². The largest absolute Gasteiger partial charge is 0.440 e. The van der Waals surface area contributed by atoms with E-state index < -0.39 is 0 Å². The van der Waals surface area contributed by atoms with E-state index in [1.807, 2.05) is 0 Å². The quantitative estimate of drug-likeness (QED) is 0.165. The SMILES string of the molecule is Cc1cc2c3c(c1)N(c1ccc(C(C)(C)C)cc1-c1cc4c(cc1C)C(C)(C)CCC4(C)C)c1oc4cc5c(cc4c1B3c1cc(C(C)(C)C)ccc1N2c1ccc(C(C)(C)C)cc1)C(C)(C)CCC5(C)C. The zero-order valence-electron chi connectivity index (χ0n) is 47.4. The van der Waals surface area contributed by atoms with Crippen molar-refractivity contribution in [3.05, 3.63) is 147 Å². The first-order chi connectivity index (χ1) is 33.4. The highest BCUT2D eigenvalue weighted by molar-refractivity contribution is 7.01. The summed E-state index contributed by atoms with van der Waals surface area (Å²) in [6.07, 6.45) is 4.66. The lowest BCUT2D eigenvalue weighted by molar-refractivity contribution is 0.332. The molecule has 0 fully saturated rings. The average molecular weight is 953 g/mol. The fourth-order valence-corrected chi connectivity index (χ4v) is 13.2. The van der Waals surface area contributed by atoms with Crippen LogP contribution in [0.2, 0.25) is 0 Å². The van der Waals surface area contributed by atoms with Crippen LogP contribution in [0.4, 0.5) is 34.3 Å². The van der Waals surface area contributed by atoms with Gasteiger partial charge in [-0.3, -0.25) is 4.90 Å². The predicted octanol–water partition coefficient (Wildman–Crippen LogP) is 17.4. The molecule has 0 saturated carbocycles. The Morgan fingerprint density at radius 2 is 0.917 bits per heavy atom. The maximum atomic E-state index is 7.73. The highest BCUT2D eigenvalue weighted by Gasteiger charge is 2.49. The third-order valence-corrected chi connectivity index (χ3v) is 18.3. The number of anilines is 6. The number of furan rings is 1. The molecule has 0 bridgehead atoms. The van der Waals surface area contributed by atoms with E-state index in [1.165, 1.54) is 119 Å². The molecule has 4 heteroatoms. The molecule has 11 rings (SSSR count). The minimum Gasteiger partial charge on any atom is -0.440 e. The zero-order valence-corrected chi connectivity index (χ0v) is 47.4. The van der Waals surface area contributed by atoms with E-state index in [2.05, 4.69) is 238 Å². The molecule has 0 spiro atoms. The molecule has 4 aliphatic rings. The van der Waals surface area contributed by atoms with Gasteiger partial charge < -0.3 is 9.32 Å². The van der Waals surface area contributed by atoms with Gasteiger partial charge in [0.05, 0.1) is 5.69 Å². The van der Waals surface area contributed by atoms with E-state index in [-0.39, 0.29) is 44.6 Å². The van der Waals surface area contributed by atoms with Crippen molar-refractivity contribution in [1.29, 1.82) is 0 Å². The van der Waals surface area contributed by atoms with Gasteiger partial charge in [0.1, 0.15) is 5.58 Å². The summed E-state index contributed by atoms with van der Waals surface area (Å²) < 4.78 is 7.73. The Kier molecular flexibility index (Phi) is 10.5. The van der Waals surface area contributed by atoms with E-state index in [4.69, 9.17) is 4.42 Å². The van der Waals surface area contributed by atoms with Crippen molar-refractivity contribution < 1.29 is 4.42 Å². The molecule has 0 atom stereocenters. The van der Waals surface area contributed by atoms with Crippen LogP contribution < -0.4 is 26.2 Å². The fourth-order valence-electron chi connectivity index (χ4n) is 13.2. The summed E-state index contributed by atoms with van der Waals surface area (Å²) in [4.78, 5) is 5.15. The van der Waals surface area contributed by atoms with Crippen LogP contribution in [0.15, 0.2) is 101 Å². The molecule has 0 amide bonds. The fraction of sp³-hybridized carbons (Fsp3) is 0.441. The smallest absolute Gasteiger partial charge is 0.257 e. The molecule has 2 aliphatic heterocycles. The lowest BCUT2D eigenvalue weighted by Gasteiger charge is -2.44. The van der Waals surface area contributed by atoms with Crippen LogP contribution in [0.5, 0.6) is 0 Å². The Labute approximate surface area is 433 Å². The summed E-state index contributed by atoms with van der Waals surface area (Å²) in [5, 5.41) is 1.23. The van der Waals surface area contributed by atoms with Gasteiger partial charge in [0, 0.05) is 39.2 Å². The molecule has 0 saturated heterocycles. The number of nitrogens with zero attached hydrogens (tertiary/aromatic N) is 2. The summed E-state index contributed by atoms with van der Waals surface area (Å²) in [5.74, 6) is 0.939. The lowest BCUT2D eigenvalue weighted by Crippen LogP contribution is -2.61. The average Bonchev–Trinajstić information content (AvgIpc) is 3.66. The summed E-state index contributed by atoms with van der Waals surface area (Å²) in [6, 6.07) is 39.2. The molecular formula is C68H81BN2O. The molecule has 0 radical (unpaired) electrons. The molecule has 72 heavy (non-hydrogen) atoms. The molecule has 3 nitrogen and oxygen atoms in total. The van der Waals surface area contributed by atoms with Crippen molar-refractivity contribution in [2.24, 2.45) is 0 Å². The van der Waals surface area contributed by atoms with E-state index in [9.17, 15) is 0 Å². The van der Waals surface area contributed by atoms with Crippen molar-refractivity contribution in [3.63, 3.8) is 0 Å². The summed E-state index contributed by atoms with van der Waals surface area (Å²) in [6.45, 7) is 45.3. The second kappa shape index (κ2) is 15.5. The second-order valence-electron chi connectivity index (χ2n) is 28.6. The minimum atomic E-state index is -0.0749.